The molecule has 0 unspecified atom stereocenters. The highest BCUT2D eigenvalue weighted by atomic mass is 19.1. The van der Waals surface area contributed by atoms with Crippen LogP contribution in [-0.4, -0.2) is 51.0 Å². The Morgan fingerprint density at radius 3 is 2.51 bits per heavy atom. The fraction of sp³-hybridized carbons (Fsp3) is 0.242. The molecule has 0 aliphatic carbocycles. The molecule has 3 aromatic carbocycles. The van der Waals surface area contributed by atoms with Gasteiger partial charge in [-0.2, -0.15) is 0 Å². The predicted octanol–water partition coefficient (Wildman–Crippen LogP) is 6.11. The fourth-order valence-electron chi connectivity index (χ4n) is 5.63. The molecule has 3 heterocycles. The fourth-order valence-corrected chi connectivity index (χ4v) is 5.63. The number of phenolic OH excluding ortho intramolecular Hbond substituents is 1. The summed E-state index contributed by atoms with van der Waals surface area (Å²) in [5.74, 6) is -0.193. The minimum Gasteiger partial charge on any atom is -0.508 e. The zero-order valence-corrected chi connectivity index (χ0v) is 23.1. The van der Waals surface area contributed by atoms with Gasteiger partial charge in [0.05, 0.1) is 11.0 Å². The van der Waals surface area contributed by atoms with Crippen LogP contribution in [0.1, 0.15) is 57.9 Å². The van der Waals surface area contributed by atoms with Crippen LogP contribution in [0.15, 0.2) is 78.9 Å². The van der Waals surface area contributed by atoms with Crippen LogP contribution in [0.4, 0.5) is 4.39 Å². The number of halogens is 1. The maximum atomic E-state index is 14.2. The Balaban J connectivity index is 1.26. The van der Waals surface area contributed by atoms with Crippen molar-refractivity contribution in [2.24, 2.45) is 0 Å². The van der Waals surface area contributed by atoms with Crippen molar-refractivity contribution in [2.75, 3.05) is 20.1 Å². The minimum atomic E-state index is -0.931. The highest BCUT2D eigenvalue weighted by Crippen LogP contribution is 2.32. The topological polar surface area (TPSA) is 94.1 Å². The number of imidazole rings is 1. The Morgan fingerprint density at radius 2 is 1.78 bits per heavy atom. The third-order valence-electron chi connectivity index (χ3n) is 7.99. The van der Waals surface area contributed by atoms with Crippen molar-refractivity contribution in [3.05, 3.63) is 113 Å². The lowest BCUT2D eigenvalue weighted by atomic mass is 9.88. The van der Waals surface area contributed by atoms with Crippen molar-refractivity contribution in [2.45, 2.75) is 31.7 Å². The monoisotopic (exact) mass is 549 g/mol. The number of amides is 1. The third-order valence-corrected chi connectivity index (χ3v) is 7.99. The summed E-state index contributed by atoms with van der Waals surface area (Å²) in [6.45, 7) is 4.12. The van der Waals surface area contributed by atoms with Crippen LogP contribution < -0.4 is 5.32 Å². The molecule has 0 bridgehead atoms. The van der Waals surface area contributed by atoms with E-state index in [2.05, 4.69) is 56.5 Å². The van der Waals surface area contributed by atoms with Gasteiger partial charge in [-0.25, -0.2) is 14.4 Å². The summed E-state index contributed by atoms with van der Waals surface area (Å²) in [6.07, 6.45) is 2.34. The molecule has 41 heavy (non-hydrogen) atoms. The molecule has 3 N–H and O–H groups in total. The first-order chi connectivity index (χ1) is 19.9. The van der Waals surface area contributed by atoms with E-state index in [1.165, 1.54) is 36.6 Å². The van der Waals surface area contributed by atoms with Gasteiger partial charge in [-0.05, 0) is 93.3 Å². The number of nitrogens with zero attached hydrogens (tertiary/aromatic N) is 3. The summed E-state index contributed by atoms with van der Waals surface area (Å²) in [5.41, 5.74) is 5.94. The number of carbonyl (C=O) groups is 1. The van der Waals surface area contributed by atoms with Crippen LogP contribution in [0.3, 0.4) is 0 Å². The number of aromatic hydroxyl groups is 1. The lowest BCUT2D eigenvalue weighted by molar-refractivity contribution is 0.0936. The van der Waals surface area contributed by atoms with Gasteiger partial charge in [-0.3, -0.25) is 4.79 Å². The number of rotatable bonds is 6. The van der Waals surface area contributed by atoms with E-state index >= 15 is 0 Å². The maximum Gasteiger partial charge on any atom is 0.270 e. The van der Waals surface area contributed by atoms with Crippen molar-refractivity contribution >= 4 is 16.9 Å². The normalized spacial score (nSPS) is 15.2. The molecule has 0 radical (unpaired) electrons. The average molecular weight is 550 g/mol. The van der Waals surface area contributed by atoms with E-state index in [-0.39, 0.29) is 17.0 Å². The van der Waals surface area contributed by atoms with Gasteiger partial charge in [-0.15, -0.1) is 0 Å². The number of H-pyrrole nitrogens is 1. The number of para-hydroxylation sites is 2. The van der Waals surface area contributed by atoms with Gasteiger partial charge in [0.15, 0.2) is 0 Å². The highest BCUT2D eigenvalue weighted by Gasteiger charge is 2.25. The first-order valence-electron chi connectivity index (χ1n) is 13.9. The molecular weight excluding hydrogens is 517 g/mol. The lowest BCUT2D eigenvalue weighted by Gasteiger charge is -2.29. The van der Waals surface area contributed by atoms with Gasteiger partial charge >= 0.3 is 0 Å². The number of piperidine rings is 1. The van der Waals surface area contributed by atoms with Crippen molar-refractivity contribution in [1.29, 1.82) is 0 Å². The van der Waals surface area contributed by atoms with E-state index < -0.39 is 17.8 Å². The number of phenols is 1. The van der Waals surface area contributed by atoms with E-state index in [1.54, 1.807) is 6.07 Å². The quantitative estimate of drug-likeness (QED) is 0.238. The number of benzene rings is 3. The Hall–Kier alpha value is -4.56. The van der Waals surface area contributed by atoms with Gasteiger partial charge in [0, 0.05) is 16.8 Å². The Labute approximate surface area is 238 Å². The largest absolute Gasteiger partial charge is 0.508 e. The number of hydrogen-bond donors (Lipinski definition) is 3. The molecule has 2 aromatic heterocycles. The molecule has 8 heteroatoms. The van der Waals surface area contributed by atoms with Gasteiger partial charge in [-0.1, -0.05) is 42.5 Å². The summed E-state index contributed by atoms with van der Waals surface area (Å²) < 4.78 is 14.2. The van der Waals surface area contributed by atoms with E-state index in [0.29, 0.717) is 17.3 Å². The Bertz CT molecular complexity index is 1670. The molecule has 1 saturated heterocycles. The first-order valence-corrected chi connectivity index (χ1v) is 13.9. The number of fused-ring (bicyclic) bond motifs is 1. The van der Waals surface area contributed by atoms with Gasteiger partial charge in [0.25, 0.3) is 5.91 Å². The predicted molar refractivity (Wildman–Crippen MR) is 157 cm³/mol. The van der Waals surface area contributed by atoms with Crippen molar-refractivity contribution in [1.82, 2.24) is 25.2 Å². The lowest BCUT2D eigenvalue weighted by Crippen LogP contribution is -2.31. The number of aryl methyl sites for hydroxylation is 1. The SMILES string of the molecule is Cc1nc(C(=O)N[C@@H](c2nc3ccccc3[nH]2)c2cc(F)ccc2O)ccc1-c1ccc(C2CCN(C)CC2)cc1. The molecule has 1 fully saturated rings. The van der Waals surface area contributed by atoms with Crippen LogP contribution in [0.25, 0.3) is 22.2 Å². The zero-order chi connectivity index (χ0) is 28.5. The Morgan fingerprint density at radius 1 is 1.02 bits per heavy atom. The molecular formula is C33H32FN5O2. The summed E-state index contributed by atoms with van der Waals surface area (Å²) in [5, 5.41) is 13.5. The van der Waals surface area contributed by atoms with E-state index in [4.69, 9.17) is 0 Å². The molecule has 1 aliphatic heterocycles. The first kappa shape index (κ1) is 26.7. The molecule has 1 amide bonds. The molecule has 5 aromatic rings. The van der Waals surface area contributed by atoms with Gasteiger partial charge in [0.1, 0.15) is 29.1 Å². The number of carbonyl (C=O) groups excluding carboxylic acids is 1. The second kappa shape index (κ2) is 11.1. The summed E-state index contributed by atoms with van der Waals surface area (Å²) in [4.78, 5) is 28.2. The molecule has 208 valence electrons. The molecule has 0 spiro atoms. The van der Waals surface area contributed by atoms with Gasteiger partial charge < -0.3 is 20.3 Å². The van der Waals surface area contributed by atoms with Crippen LogP contribution in [0, 0.1) is 12.7 Å². The van der Waals surface area contributed by atoms with E-state index in [0.717, 1.165) is 35.4 Å². The average Bonchev–Trinajstić information content (AvgIpc) is 3.42. The number of likely N-dealkylation sites (tertiary alicyclic amines) is 1. The van der Waals surface area contributed by atoms with Crippen molar-refractivity contribution < 1.29 is 14.3 Å². The summed E-state index contributed by atoms with van der Waals surface area (Å²) in [7, 11) is 2.17. The molecule has 1 atom stereocenters. The molecule has 6 rings (SSSR count). The van der Waals surface area contributed by atoms with Crippen LogP contribution >= 0.6 is 0 Å². The number of pyridine rings is 1. The standard InChI is InChI=1S/C33H32FN5O2/c1-20-25(23-9-7-21(8-10-23)22-15-17-39(2)18-16-22)12-13-29(35-20)33(41)38-31(26-19-24(34)11-14-30(26)40)32-36-27-5-3-4-6-28(27)37-32/h3-14,19,22,31,40H,15-18H2,1-2H3,(H,36,37)(H,38,41)/t31-/m1/s1. The number of aromatic amines is 1. The van der Waals surface area contributed by atoms with Crippen LogP contribution in [0.2, 0.25) is 0 Å². The van der Waals surface area contributed by atoms with E-state index in [1.807, 2.05) is 37.3 Å². The zero-order valence-electron chi connectivity index (χ0n) is 23.1. The highest BCUT2D eigenvalue weighted by molar-refractivity contribution is 5.93. The second-order valence-electron chi connectivity index (χ2n) is 10.8. The van der Waals surface area contributed by atoms with Gasteiger partial charge in [0.2, 0.25) is 0 Å². The molecule has 1 aliphatic rings. The van der Waals surface area contributed by atoms with Crippen molar-refractivity contribution in [3.63, 3.8) is 0 Å². The number of hydrogen-bond acceptors (Lipinski definition) is 5. The molecule has 0 saturated carbocycles. The summed E-state index contributed by atoms with van der Waals surface area (Å²) >= 11 is 0. The maximum absolute atomic E-state index is 14.2. The number of nitrogens with one attached hydrogen (secondary N) is 2. The van der Waals surface area contributed by atoms with E-state index in [9.17, 15) is 14.3 Å². The van der Waals surface area contributed by atoms with Crippen LogP contribution in [0.5, 0.6) is 5.75 Å². The Kier molecular flexibility index (Phi) is 7.24. The van der Waals surface area contributed by atoms with Crippen LogP contribution in [-0.2, 0) is 0 Å². The number of aromatic nitrogens is 3. The molecule has 7 nitrogen and oxygen atoms in total. The van der Waals surface area contributed by atoms with Crippen molar-refractivity contribution in [3.8, 4) is 16.9 Å². The summed E-state index contributed by atoms with van der Waals surface area (Å²) in [6, 6.07) is 22.4. The minimum absolute atomic E-state index is 0.152. The second-order valence-corrected chi connectivity index (χ2v) is 10.8. The third kappa shape index (κ3) is 5.56. The smallest absolute Gasteiger partial charge is 0.270 e.